The average molecular weight is 236 g/mol. The van der Waals surface area contributed by atoms with Crippen molar-refractivity contribution in [3.05, 3.63) is 77.9 Å². The lowest BCUT2D eigenvalue weighted by molar-refractivity contribution is 0.671. The quantitative estimate of drug-likeness (QED) is 0.698. The van der Waals surface area contributed by atoms with Crippen LogP contribution in [0.15, 0.2) is 66.7 Å². The van der Waals surface area contributed by atoms with E-state index in [0.29, 0.717) is 0 Å². The monoisotopic (exact) mass is 236 g/mol. The lowest BCUT2D eigenvalue weighted by atomic mass is 9.82. The molecule has 0 saturated carbocycles. The molecular formula is C18H20. The standard InChI is InChI=1S/C18H20/c1-15(16-10-6-4-7-11-16)14-18(2,3)17-12-8-5-9-13-17/h4-14H,1-3H3. The minimum Gasteiger partial charge on any atom is -0.0710 e. The van der Waals surface area contributed by atoms with Crippen molar-refractivity contribution in [2.75, 3.05) is 0 Å². The second-order valence-electron chi connectivity index (χ2n) is 5.28. The Morgan fingerprint density at radius 3 is 1.89 bits per heavy atom. The Kier molecular flexibility index (Phi) is 3.66. The van der Waals surface area contributed by atoms with Crippen LogP contribution in [0.3, 0.4) is 0 Å². The van der Waals surface area contributed by atoms with Crippen LogP contribution in [-0.4, -0.2) is 0 Å². The maximum Gasteiger partial charge on any atom is 0.00812 e. The van der Waals surface area contributed by atoms with Gasteiger partial charge in [-0.05, 0) is 23.6 Å². The van der Waals surface area contributed by atoms with Gasteiger partial charge in [0.1, 0.15) is 0 Å². The van der Waals surface area contributed by atoms with Crippen LogP contribution in [0.1, 0.15) is 31.9 Å². The third-order valence-corrected chi connectivity index (χ3v) is 3.32. The zero-order valence-corrected chi connectivity index (χ0v) is 11.4. The van der Waals surface area contributed by atoms with Gasteiger partial charge < -0.3 is 0 Å². The summed E-state index contributed by atoms with van der Waals surface area (Å²) in [6.45, 7) is 6.70. The minimum absolute atomic E-state index is 0.0567. The minimum atomic E-state index is 0.0567. The molecule has 18 heavy (non-hydrogen) atoms. The van der Waals surface area contributed by atoms with E-state index in [1.165, 1.54) is 16.7 Å². The van der Waals surface area contributed by atoms with Crippen molar-refractivity contribution in [1.82, 2.24) is 0 Å². The molecule has 0 unspecified atom stereocenters. The molecule has 0 spiro atoms. The van der Waals surface area contributed by atoms with Gasteiger partial charge in [0.15, 0.2) is 0 Å². The van der Waals surface area contributed by atoms with Crippen molar-refractivity contribution in [3.63, 3.8) is 0 Å². The molecule has 92 valence electrons. The molecule has 0 radical (unpaired) electrons. The molecule has 0 N–H and O–H groups in total. The van der Waals surface area contributed by atoms with E-state index in [0.717, 1.165) is 0 Å². The summed E-state index contributed by atoms with van der Waals surface area (Å²) >= 11 is 0. The molecule has 0 amide bonds. The molecule has 0 saturated heterocycles. The smallest absolute Gasteiger partial charge is 0.00812 e. The summed E-state index contributed by atoms with van der Waals surface area (Å²) in [6, 6.07) is 21.2. The van der Waals surface area contributed by atoms with Crippen LogP contribution in [-0.2, 0) is 5.41 Å². The highest BCUT2D eigenvalue weighted by atomic mass is 14.2. The van der Waals surface area contributed by atoms with Gasteiger partial charge in [-0.15, -0.1) is 0 Å². The second-order valence-corrected chi connectivity index (χ2v) is 5.28. The summed E-state index contributed by atoms with van der Waals surface area (Å²) in [6.07, 6.45) is 2.34. The van der Waals surface area contributed by atoms with Gasteiger partial charge in [-0.25, -0.2) is 0 Å². The van der Waals surface area contributed by atoms with Crippen LogP contribution in [0.5, 0.6) is 0 Å². The first-order valence-corrected chi connectivity index (χ1v) is 6.40. The summed E-state index contributed by atoms with van der Waals surface area (Å²) in [7, 11) is 0. The third-order valence-electron chi connectivity index (χ3n) is 3.32. The summed E-state index contributed by atoms with van der Waals surface area (Å²) in [5.41, 5.74) is 4.02. The second kappa shape index (κ2) is 5.22. The van der Waals surface area contributed by atoms with Gasteiger partial charge in [0.25, 0.3) is 0 Å². The van der Waals surface area contributed by atoms with Crippen molar-refractivity contribution >= 4 is 5.57 Å². The Labute approximate surface area is 110 Å². The van der Waals surface area contributed by atoms with E-state index in [1.54, 1.807) is 0 Å². The predicted molar refractivity (Wildman–Crippen MR) is 79.6 cm³/mol. The first-order chi connectivity index (χ1) is 8.59. The summed E-state index contributed by atoms with van der Waals surface area (Å²) < 4.78 is 0. The fourth-order valence-electron chi connectivity index (χ4n) is 2.28. The van der Waals surface area contributed by atoms with Crippen LogP contribution in [0.2, 0.25) is 0 Å². The van der Waals surface area contributed by atoms with E-state index in [2.05, 4.69) is 87.5 Å². The van der Waals surface area contributed by atoms with E-state index in [9.17, 15) is 0 Å². The summed E-state index contributed by atoms with van der Waals surface area (Å²) in [5.74, 6) is 0. The van der Waals surface area contributed by atoms with Crippen LogP contribution in [0, 0.1) is 0 Å². The van der Waals surface area contributed by atoms with Gasteiger partial charge >= 0.3 is 0 Å². The fourth-order valence-corrected chi connectivity index (χ4v) is 2.28. The molecule has 0 nitrogen and oxygen atoms in total. The Bertz CT molecular complexity index is 518. The zero-order chi connectivity index (χ0) is 13.0. The average Bonchev–Trinajstić information content (AvgIpc) is 2.40. The molecule has 0 fully saturated rings. The lowest BCUT2D eigenvalue weighted by Gasteiger charge is -2.22. The molecule has 2 aromatic carbocycles. The van der Waals surface area contributed by atoms with Crippen molar-refractivity contribution in [2.45, 2.75) is 26.2 Å². The van der Waals surface area contributed by atoms with E-state index in [1.807, 2.05) is 0 Å². The predicted octanol–water partition coefficient (Wildman–Crippen LogP) is 5.07. The summed E-state index contributed by atoms with van der Waals surface area (Å²) in [4.78, 5) is 0. The number of rotatable bonds is 3. The van der Waals surface area contributed by atoms with Crippen LogP contribution < -0.4 is 0 Å². The topological polar surface area (TPSA) is 0 Å². The van der Waals surface area contributed by atoms with Gasteiger partial charge in [0.2, 0.25) is 0 Å². The molecule has 0 aliphatic carbocycles. The number of hydrogen-bond donors (Lipinski definition) is 0. The van der Waals surface area contributed by atoms with Crippen molar-refractivity contribution in [2.24, 2.45) is 0 Å². The molecule has 0 bridgehead atoms. The first kappa shape index (κ1) is 12.6. The molecule has 0 aromatic heterocycles. The molecular weight excluding hydrogens is 216 g/mol. The maximum absolute atomic E-state index is 2.34. The zero-order valence-electron chi connectivity index (χ0n) is 11.4. The van der Waals surface area contributed by atoms with Gasteiger partial charge in [-0.3, -0.25) is 0 Å². The third kappa shape index (κ3) is 2.89. The molecule has 0 heteroatoms. The molecule has 2 aromatic rings. The first-order valence-electron chi connectivity index (χ1n) is 6.40. The Morgan fingerprint density at radius 1 is 0.833 bits per heavy atom. The molecule has 0 heterocycles. The number of benzene rings is 2. The van der Waals surface area contributed by atoms with E-state index in [-0.39, 0.29) is 5.41 Å². The van der Waals surface area contributed by atoms with Crippen LogP contribution in [0.25, 0.3) is 5.57 Å². The van der Waals surface area contributed by atoms with Crippen LogP contribution >= 0.6 is 0 Å². The van der Waals surface area contributed by atoms with E-state index >= 15 is 0 Å². The lowest BCUT2D eigenvalue weighted by Crippen LogP contribution is -2.13. The fraction of sp³-hybridized carbons (Fsp3) is 0.222. The molecule has 0 aliphatic heterocycles. The normalized spacial score (nSPS) is 12.5. The van der Waals surface area contributed by atoms with Gasteiger partial charge in [0, 0.05) is 5.41 Å². The Hall–Kier alpha value is -1.82. The SMILES string of the molecule is CC(=CC(C)(C)c1ccccc1)c1ccccc1. The highest BCUT2D eigenvalue weighted by molar-refractivity contribution is 5.65. The highest BCUT2D eigenvalue weighted by Crippen LogP contribution is 2.28. The van der Waals surface area contributed by atoms with Gasteiger partial charge in [-0.2, -0.15) is 0 Å². The summed E-state index contributed by atoms with van der Waals surface area (Å²) in [5, 5.41) is 0. The Balaban J connectivity index is 2.32. The highest BCUT2D eigenvalue weighted by Gasteiger charge is 2.17. The maximum atomic E-state index is 2.34. The molecule has 0 aliphatic rings. The van der Waals surface area contributed by atoms with Gasteiger partial charge in [-0.1, -0.05) is 80.6 Å². The van der Waals surface area contributed by atoms with Gasteiger partial charge in [0.05, 0.1) is 0 Å². The largest absolute Gasteiger partial charge is 0.0710 e. The molecule has 0 atom stereocenters. The van der Waals surface area contributed by atoms with Crippen molar-refractivity contribution in [3.8, 4) is 0 Å². The van der Waals surface area contributed by atoms with Crippen molar-refractivity contribution < 1.29 is 0 Å². The van der Waals surface area contributed by atoms with E-state index in [4.69, 9.17) is 0 Å². The molecule has 2 rings (SSSR count). The number of hydrogen-bond acceptors (Lipinski definition) is 0. The Morgan fingerprint density at radius 2 is 1.33 bits per heavy atom. The number of allylic oxidation sites excluding steroid dienone is 2. The van der Waals surface area contributed by atoms with E-state index < -0.39 is 0 Å². The van der Waals surface area contributed by atoms with Crippen LogP contribution in [0.4, 0.5) is 0 Å². The van der Waals surface area contributed by atoms with Crippen molar-refractivity contribution in [1.29, 1.82) is 0 Å².